The van der Waals surface area contributed by atoms with Crippen molar-refractivity contribution in [3.05, 3.63) is 23.2 Å². The van der Waals surface area contributed by atoms with E-state index in [2.05, 4.69) is 0 Å². The lowest BCUT2D eigenvalue weighted by Crippen LogP contribution is -2.52. The van der Waals surface area contributed by atoms with Crippen LogP contribution in [0.25, 0.3) is 0 Å². The Labute approximate surface area is 104 Å². The van der Waals surface area contributed by atoms with E-state index in [0.717, 1.165) is 0 Å². The molecule has 2 unspecified atom stereocenters. The van der Waals surface area contributed by atoms with Gasteiger partial charge in [0.25, 0.3) is 0 Å². The average Bonchev–Trinajstić information content (AvgIpc) is 2.28. The highest BCUT2D eigenvalue weighted by Crippen LogP contribution is 2.38. The van der Waals surface area contributed by atoms with Crippen LogP contribution in [0.5, 0.6) is 11.5 Å². The lowest BCUT2D eigenvalue weighted by Gasteiger charge is -2.38. The highest BCUT2D eigenvalue weighted by Gasteiger charge is 2.39. The summed E-state index contributed by atoms with van der Waals surface area (Å²) in [5.41, 5.74) is -0.817. The Bertz CT molecular complexity index is 397. The molecule has 0 spiro atoms. The zero-order chi connectivity index (χ0) is 11.8. The Balaban J connectivity index is 2.27. The van der Waals surface area contributed by atoms with Crippen molar-refractivity contribution in [1.82, 2.24) is 0 Å². The molecule has 0 bridgehead atoms. The van der Waals surface area contributed by atoms with Gasteiger partial charge in [-0.1, -0.05) is 11.6 Å². The molecule has 0 radical (unpaired) electrons. The van der Waals surface area contributed by atoms with Gasteiger partial charge in [-0.05, 0) is 19.1 Å². The maximum Gasteiger partial charge on any atom is 0.167 e. The summed E-state index contributed by atoms with van der Waals surface area (Å²) in [6.45, 7) is 2.01. The number of ether oxygens (including phenoxy) is 2. The lowest BCUT2D eigenvalue weighted by molar-refractivity contribution is -0.0746. The van der Waals surface area contributed by atoms with Gasteiger partial charge in [-0.25, -0.2) is 0 Å². The molecule has 1 heterocycles. The van der Waals surface area contributed by atoms with Crippen molar-refractivity contribution in [2.24, 2.45) is 0 Å². The number of hydrogen-bond acceptors (Lipinski definition) is 3. The molecule has 1 N–H and O–H groups in total. The van der Waals surface area contributed by atoms with Gasteiger partial charge in [-0.3, -0.25) is 0 Å². The van der Waals surface area contributed by atoms with Crippen LogP contribution in [0.2, 0.25) is 5.02 Å². The van der Waals surface area contributed by atoms with Gasteiger partial charge in [0.1, 0.15) is 12.7 Å². The summed E-state index contributed by atoms with van der Waals surface area (Å²) in [6, 6.07) is 5.11. The number of hydrogen-bond donors (Lipinski definition) is 1. The van der Waals surface area contributed by atoms with Crippen molar-refractivity contribution < 1.29 is 14.6 Å². The Morgan fingerprint density at radius 2 is 2.25 bits per heavy atom. The van der Waals surface area contributed by atoms with Crippen LogP contribution in [0.15, 0.2) is 18.2 Å². The van der Waals surface area contributed by atoms with Crippen molar-refractivity contribution in [1.29, 1.82) is 0 Å². The largest absolute Gasteiger partial charge is 0.485 e. The smallest absolute Gasteiger partial charge is 0.167 e. The van der Waals surface area contributed by atoms with Gasteiger partial charge in [-0.2, -0.15) is 0 Å². The van der Waals surface area contributed by atoms with E-state index in [-0.39, 0.29) is 12.5 Å². The molecule has 1 aliphatic rings. The van der Waals surface area contributed by atoms with Crippen LogP contribution in [0, 0.1) is 0 Å². The molecule has 3 nitrogen and oxygen atoms in total. The minimum Gasteiger partial charge on any atom is -0.485 e. The maximum atomic E-state index is 9.76. The van der Waals surface area contributed by atoms with Gasteiger partial charge in [0.05, 0.1) is 5.88 Å². The first-order valence-corrected chi connectivity index (χ1v) is 5.82. The summed E-state index contributed by atoms with van der Waals surface area (Å²) in [4.78, 5) is 0. The Hall–Kier alpha value is -0.640. The molecular formula is C11H12Cl2O3. The molecule has 5 heteroatoms. The van der Waals surface area contributed by atoms with Crippen LogP contribution in [0.3, 0.4) is 0 Å². The molecule has 0 aliphatic carbocycles. The number of benzene rings is 1. The number of fused-ring (bicyclic) bond motifs is 1. The molecular weight excluding hydrogens is 251 g/mol. The molecule has 0 aromatic heterocycles. The minimum absolute atomic E-state index is 0.1000. The van der Waals surface area contributed by atoms with Crippen LogP contribution < -0.4 is 9.47 Å². The molecule has 0 saturated carbocycles. The van der Waals surface area contributed by atoms with E-state index in [9.17, 15) is 5.11 Å². The van der Waals surface area contributed by atoms with Crippen molar-refractivity contribution in [3.8, 4) is 11.5 Å². The zero-order valence-electron chi connectivity index (χ0n) is 8.74. The van der Waals surface area contributed by atoms with Crippen molar-refractivity contribution in [3.63, 3.8) is 0 Å². The molecule has 16 heavy (non-hydrogen) atoms. The van der Waals surface area contributed by atoms with Gasteiger partial charge in [0.15, 0.2) is 17.1 Å². The third kappa shape index (κ3) is 2.08. The van der Waals surface area contributed by atoms with E-state index in [1.165, 1.54) is 0 Å². The zero-order valence-corrected chi connectivity index (χ0v) is 10.3. The molecule has 0 fully saturated rings. The summed E-state index contributed by atoms with van der Waals surface area (Å²) in [7, 11) is 0. The number of alkyl halides is 1. The summed E-state index contributed by atoms with van der Waals surface area (Å²) >= 11 is 11.5. The van der Waals surface area contributed by atoms with Crippen molar-refractivity contribution >= 4 is 23.2 Å². The summed E-state index contributed by atoms with van der Waals surface area (Å²) < 4.78 is 11.2. The van der Waals surface area contributed by atoms with Crippen LogP contribution in [-0.4, -0.2) is 29.3 Å². The van der Waals surface area contributed by atoms with Gasteiger partial charge in [-0.15, -0.1) is 11.6 Å². The third-order valence-electron chi connectivity index (χ3n) is 2.61. The number of aliphatic hydroxyl groups is 1. The van der Waals surface area contributed by atoms with Crippen LogP contribution in [-0.2, 0) is 0 Å². The predicted octanol–water partition coefficient (Wildman–Crippen LogP) is 2.47. The maximum absolute atomic E-state index is 9.76. The van der Waals surface area contributed by atoms with E-state index in [1.54, 1.807) is 25.1 Å². The Kier molecular flexibility index (Phi) is 3.19. The quantitative estimate of drug-likeness (QED) is 0.833. The third-order valence-corrected chi connectivity index (χ3v) is 3.14. The fraction of sp³-hybridized carbons (Fsp3) is 0.455. The van der Waals surface area contributed by atoms with E-state index in [0.29, 0.717) is 16.5 Å². The number of rotatable bonds is 2. The van der Waals surface area contributed by atoms with Crippen molar-refractivity contribution in [2.45, 2.75) is 18.6 Å². The van der Waals surface area contributed by atoms with Gasteiger partial charge in [0, 0.05) is 11.1 Å². The van der Waals surface area contributed by atoms with E-state index in [4.69, 9.17) is 32.7 Å². The summed E-state index contributed by atoms with van der Waals surface area (Å²) in [5, 5.41) is 10.3. The van der Waals surface area contributed by atoms with E-state index >= 15 is 0 Å². The Morgan fingerprint density at radius 1 is 1.50 bits per heavy atom. The second kappa shape index (κ2) is 4.32. The monoisotopic (exact) mass is 262 g/mol. The topological polar surface area (TPSA) is 38.7 Å². The van der Waals surface area contributed by atoms with Gasteiger partial charge in [0.2, 0.25) is 0 Å². The first-order chi connectivity index (χ1) is 7.55. The highest BCUT2D eigenvalue weighted by atomic mass is 35.5. The molecule has 2 rings (SSSR count). The molecule has 1 aromatic rings. The van der Waals surface area contributed by atoms with Crippen molar-refractivity contribution in [2.75, 3.05) is 12.5 Å². The second-order valence-corrected chi connectivity index (χ2v) is 4.71. The lowest BCUT2D eigenvalue weighted by atomic mass is 10.00. The van der Waals surface area contributed by atoms with E-state index < -0.39 is 11.7 Å². The van der Waals surface area contributed by atoms with Crippen LogP contribution >= 0.6 is 23.2 Å². The van der Waals surface area contributed by atoms with Crippen LogP contribution in [0.1, 0.15) is 6.92 Å². The minimum atomic E-state index is -0.817. The fourth-order valence-electron chi connectivity index (χ4n) is 1.51. The SMILES string of the molecule is CC1(C(O)CCl)COc2cc(Cl)ccc2O1. The van der Waals surface area contributed by atoms with E-state index in [1.807, 2.05) is 0 Å². The number of aliphatic hydroxyl groups excluding tert-OH is 1. The first-order valence-electron chi connectivity index (χ1n) is 4.90. The standard InChI is InChI=1S/C11H12Cl2O3/c1-11(10(14)5-12)6-15-9-4-7(13)2-3-8(9)16-11/h2-4,10,14H,5-6H2,1H3. The predicted molar refractivity (Wildman–Crippen MR) is 62.7 cm³/mol. The molecule has 1 aromatic carbocycles. The molecule has 0 amide bonds. The average molecular weight is 263 g/mol. The molecule has 0 saturated heterocycles. The summed E-state index contributed by atoms with van der Waals surface area (Å²) in [5.74, 6) is 1.26. The number of halogens is 2. The highest BCUT2D eigenvalue weighted by molar-refractivity contribution is 6.30. The second-order valence-electron chi connectivity index (χ2n) is 3.96. The summed E-state index contributed by atoms with van der Waals surface area (Å²) in [6.07, 6.45) is -0.780. The Morgan fingerprint density at radius 3 is 2.94 bits per heavy atom. The molecule has 2 atom stereocenters. The van der Waals surface area contributed by atoms with Gasteiger partial charge < -0.3 is 14.6 Å². The fourth-order valence-corrected chi connectivity index (χ4v) is 2.00. The normalized spacial score (nSPS) is 25.2. The molecule has 1 aliphatic heterocycles. The molecule has 88 valence electrons. The van der Waals surface area contributed by atoms with Gasteiger partial charge >= 0.3 is 0 Å². The van der Waals surface area contributed by atoms with Crippen LogP contribution in [0.4, 0.5) is 0 Å². The first kappa shape index (κ1) is 11.8.